The lowest BCUT2D eigenvalue weighted by atomic mass is 10.2. The zero-order valence-corrected chi connectivity index (χ0v) is 22.3. The van der Waals surface area contributed by atoms with E-state index in [1.54, 1.807) is 47.4 Å². The van der Waals surface area contributed by atoms with Crippen molar-refractivity contribution in [2.24, 2.45) is 0 Å². The fourth-order valence-corrected chi connectivity index (χ4v) is 5.23. The summed E-state index contributed by atoms with van der Waals surface area (Å²) >= 11 is 6.23. The normalized spacial score (nSPS) is 11.4. The maximum Gasteiger partial charge on any atom is 0.264 e. The number of carbonyl (C=O) groups is 1. The van der Waals surface area contributed by atoms with E-state index in [-0.39, 0.29) is 34.7 Å². The van der Waals surface area contributed by atoms with Gasteiger partial charge >= 0.3 is 0 Å². The zero-order chi connectivity index (χ0) is 26.6. The average molecular weight is 539 g/mol. The highest BCUT2D eigenvalue weighted by atomic mass is 35.5. The second-order valence-electron chi connectivity index (χ2n) is 8.54. The van der Waals surface area contributed by atoms with Crippen LogP contribution in [0.3, 0.4) is 0 Å². The first-order chi connectivity index (χ1) is 17.7. The molecule has 0 fully saturated rings. The molecule has 0 aliphatic rings. The lowest BCUT2D eigenvalue weighted by Gasteiger charge is -2.22. The van der Waals surface area contributed by atoms with E-state index in [0.29, 0.717) is 29.2 Å². The Balaban J connectivity index is 1.57. The number of amides is 1. The van der Waals surface area contributed by atoms with Crippen molar-refractivity contribution in [1.82, 2.24) is 15.1 Å². The number of anilines is 1. The Hall–Kier alpha value is -3.69. The molecule has 0 bridgehead atoms. The predicted octanol–water partition coefficient (Wildman–Crippen LogP) is 5.58. The number of benzene rings is 3. The van der Waals surface area contributed by atoms with E-state index < -0.39 is 10.0 Å². The highest BCUT2D eigenvalue weighted by molar-refractivity contribution is 7.92. The Morgan fingerprint density at radius 3 is 2.43 bits per heavy atom. The highest BCUT2D eigenvalue weighted by Crippen LogP contribution is 2.27. The van der Waals surface area contributed by atoms with Crippen molar-refractivity contribution in [1.29, 1.82) is 0 Å². The van der Waals surface area contributed by atoms with E-state index in [2.05, 4.69) is 10.2 Å². The molecule has 10 heteroatoms. The molecule has 0 aliphatic heterocycles. The van der Waals surface area contributed by atoms with Gasteiger partial charge in [-0.1, -0.05) is 54.4 Å². The van der Waals surface area contributed by atoms with Crippen molar-refractivity contribution in [2.75, 3.05) is 17.9 Å². The van der Waals surface area contributed by atoms with E-state index in [9.17, 15) is 13.2 Å². The molecular weight excluding hydrogens is 512 g/mol. The summed E-state index contributed by atoms with van der Waals surface area (Å²) in [4.78, 5) is 15.0. The summed E-state index contributed by atoms with van der Waals surface area (Å²) < 4.78 is 33.6. The van der Waals surface area contributed by atoms with Crippen LogP contribution in [0.4, 0.5) is 5.69 Å². The molecule has 4 aromatic rings. The number of nitrogens with zero attached hydrogens (tertiary/aromatic N) is 4. The van der Waals surface area contributed by atoms with Gasteiger partial charge in [0, 0.05) is 19.2 Å². The molecule has 0 N–H and O–H groups in total. The molecule has 0 aliphatic carbocycles. The third-order valence-electron chi connectivity index (χ3n) is 5.81. The third kappa shape index (κ3) is 5.84. The largest absolute Gasteiger partial charge is 0.419 e. The van der Waals surface area contributed by atoms with Crippen LogP contribution in [0.25, 0.3) is 11.5 Å². The van der Waals surface area contributed by atoms with Gasteiger partial charge < -0.3 is 9.32 Å². The van der Waals surface area contributed by atoms with Crippen molar-refractivity contribution in [3.63, 3.8) is 0 Å². The van der Waals surface area contributed by atoms with Crippen LogP contribution in [0.5, 0.6) is 0 Å². The van der Waals surface area contributed by atoms with Crippen molar-refractivity contribution >= 4 is 33.2 Å². The highest BCUT2D eigenvalue weighted by Gasteiger charge is 2.25. The van der Waals surface area contributed by atoms with Crippen LogP contribution in [0, 0.1) is 6.92 Å². The number of carbonyl (C=O) groups excluding carboxylic acids is 1. The second kappa shape index (κ2) is 11.1. The van der Waals surface area contributed by atoms with Crippen molar-refractivity contribution in [3.05, 3.63) is 94.8 Å². The Morgan fingerprint density at radius 2 is 1.73 bits per heavy atom. The summed E-state index contributed by atoms with van der Waals surface area (Å²) in [5.74, 6) is 0.172. The Labute approximate surface area is 221 Å². The van der Waals surface area contributed by atoms with E-state index in [1.165, 1.54) is 23.5 Å². The van der Waals surface area contributed by atoms with Crippen molar-refractivity contribution < 1.29 is 17.6 Å². The molecule has 0 spiro atoms. The number of hydrogen-bond donors (Lipinski definition) is 0. The molecule has 0 saturated carbocycles. The Kier molecular flexibility index (Phi) is 7.94. The van der Waals surface area contributed by atoms with Gasteiger partial charge in [0.25, 0.3) is 15.9 Å². The standard InChI is InChI=1S/C27H27ClN4O4S/c1-4-16-32(18-25-29-30-26(36-25)23-10-5-6-11-24(23)28)27(33)20-8-7-9-22(17-20)37(34,35)31(3)21-14-12-19(2)13-15-21/h5-15,17H,4,16,18H2,1-3H3. The summed E-state index contributed by atoms with van der Waals surface area (Å²) in [7, 11) is -2.39. The zero-order valence-electron chi connectivity index (χ0n) is 20.8. The van der Waals surface area contributed by atoms with Crippen LogP contribution < -0.4 is 4.31 Å². The lowest BCUT2D eigenvalue weighted by molar-refractivity contribution is 0.0728. The van der Waals surface area contributed by atoms with Gasteiger partial charge in [0.05, 0.1) is 27.7 Å². The minimum atomic E-state index is -3.88. The van der Waals surface area contributed by atoms with Gasteiger partial charge in [-0.25, -0.2) is 8.42 Å². The van der Waals surface area contributed by atoms with Gasteiger partial charge in [-0.3, -0.25) is 9.10 Å². The molecule has 1 amide bonds. The third-order valence-corrected chi connectivity index (χ3v) is 7.93. The molecule has 0 radical (unpaired) electrons. The molecule has 0 saturated heterocycles. The first-order valence-electron chi connectivity index (χ1n) is 11.7. The van der Waals surface area contributed by atoms with Gasteiger partial charge in [-0.05, 0) is 55.8 Å². The summed E-state index contributed by atoms with van der Waals surface area (Å²) in [5, 5.41) is 8.63. The predicted molar refractivity (Wildman–Crippen MR) is 143 cm³/mol. The van der Waals surface area contributed by atoms with E-state index in [4.69, 9.17) is 16.0 Å². The minimum absolute atomic E-state index is 0.0247. The number of hydrogen-bond acceptors (Lipinski definition) is 6. The molecular formula is C27H27ClN4O4S. The van der Waals surface area contributed by atoms with E-state index in [1.807, 2.05) is 32.0 Å². The minimum Gasteiger partial charge on any atom is -0.419 e. The van der Waals surface area contributed by atoms with Gasteiger partial charge in [-0.15, -0.1) is 10.2 Å². The van der Waals surface area contributed by atoms with Crippen LogP contribution in [0.2, 0.25) is 5.02 Å². The first kappa shape index (κ1) is 26.4. The van der Waals surface area contributed by atoms with Crippen molar-refractivity contribution in [3.8, 4) is 11.5 Å². The molecule has 1 aromatic heterocycles. The van der Waals surface area contributed by atoms with Crippen LogP contribution in [0.15, 0.2) is 82.1 Å². The first-order valence-corrected chi connectivity index (χ1v) is 13.5. The Morgan fingerprint density at radius 1 is 1.00 bits per heavy atom. The Bertz CT molecular complexity index is 1500. The van der Waals surface area contributed by atoms with Gasteiger partial charge in [-0.2, -0.15) is 0 Å². The lowest BCUT2D eigenvalue weighted by Crippen LogP contribution is -2.32. The molecule has 8 nitrogen and oxygen atoms in total. The number of aryl methyl sites for hydroxylation is 1. The van der Waals surface area contributed by atoms with Crippen LogP contribution in [-0.2, 0) is 16.6 Å². The van der Waals surface area contributed by atoms with Crippen LogP contribution in [0.1, 0.15) is 35.2 Å². The number of aromatic nitrogens is 2. The van der Waals surface area contributed by atoms with E-state index in [0.717, 1.165) is 5.56 Å². The summed E-state index contributed by atoms with van der Waals surface area (Å²) in [6, 6.07) is 20.3. The topological polar surface area (TPSA) is 96.6 Å². The summed E-state index contributed by atoms with van der Waals surface area (Å²) in [5.41, 5.74) is 2.41. The maximum atomic E-state index is 13.4. The van der Waals surface area contributed by atoms with Crippen LogP contribution >= 0.6 is 11.6 Å². The number of sulfonamides is 1. The SMILES string of the molecule is CCCN(Cc1nnc(-c2ccccc2Cl)o1)C(=O)c1cccc(S(=O)(=O)N(C)c2ccc(C)cc2)c1. The fourth-order valence-electron chi connectivity index (χ4n) is 3.77. The smallest absolute Gasteiger partial charge is 0.264 e. The molecule has 192 valence electrons. The molecule has 37 heavy (non-hydrogen) atoms. The quantitative estimate of drug-likeness (QED) is 0.276. The fraction of sp³-hybridized carbons (Fsp3) is 0.222. The monoisotopic (exact) mass is 538 g/mol. The van der Waals surface area contributed by atoms with Gasteiger partial charge in [0.15, 0.2) is 0 Å². The molecule has 0 atom stereocenters. The van der Waals surface area contributed by atoms with Gasteiger partial charge in [0.1, 0.15) is 0 Å². The maximum absolute atomic E-state index is 13.4. The molecule has 0 unspecified atom stereocenters. The summed E-state index contributed by atoms with van der Waals surface area (Å²) in [6.45, 7) is 4.37. The molecule has 4 rings (SSSR count). The number of halogens is 1. The molecule has 1 heterocycles. The van der Waals surface area contributed by atoms with Gasteiger partial charge in [0.2, 0.25) is 11.8 Å². The number of rotatable bonds is 9. The van der Waals surface area contributed by atoms with E-state index >= 15 is 0 Å². The summed E-state index contributed by atoms with van der Waals surface area (Å²) in [6.07, 6.45) is 0.686. The van der Waals surface area contributed by atoms with Crippen molar-refractivity contribution in [2.45, 2.75) is 31.7 Å². The molecule has 3 aromatic carbocycles. The van der Waals surface area contributed by atoms with Crippen LogP contribution in [-0.4, -0.2) is 43.0 Å². The average Bonchev–Trinajstić information content (AvgIpc) is 3.36. The second-order valence-corrected chi connectivity index (χ2v) is 10.9.